The first-order chi connectivity index (χ1) is 7.68. The second-order valence-corrected chi connectivity index (χ2v) is 3.55. The number of carboxylic acids is 1. The average Bonchev–Trinajstić information content (AvgIpc) is 2.27. The van der Waals surface area contributed by atoms with Crippen LogP contribution in [0.15, 0.2) is 0 Å². The Morgan fingerprint density at radius 2 is 2.06 bits per heavy atom. The van der Waals surface area contributed by atoms with Crippen LogP contribution in [0.2, 0.25) is 0 Å². The molecule has 7 heteroatoms. The van der Waals surface area contributed by atoms with Crippen LogP contribution in [0.3, 0.4) is 0 Å². The molecule has 1 aliphatic rings. The highest BCUT2D eigenvalue weighted by molar-refractivity contribution is 5.73. The Morgan fingerprint density at radius 3 is 2.69 bits per heavy atom. The first-order valence-electron chi connectivity index (χ1n) is 5.13. The SMILES string of the molecule is O=C(O)CONC(=O)NCC1CCOCC1. The van der Waals surface area contributed by atoms with E-state index in [1.54, 1.807) is 0 Å². The fourth-order valence-electron chi connectivity index (χ4n) is 1.39. The molecule has 0 radical (unpaired) electrons. The van der Waals surface area contributed by atoms with Crippen LogP contribution in [0.4, 0.5) is 4.79 Å². The molecule has 0 atom stereocenters. The lowest BCUT2D eigenvalue weighted by Gasteiger charge is -2.22. The Kier molecular flexibility index (Phi) is 5.58. The first kappa shape index (κ1) is 12.7. The molecule has 1 saturated heterocycles. The van der Waals surface area contributed by atoms with Gasteiger partial charge in [0.1, 0.15) is 0 Å². The van der Waals surface area contributed by atoms with Crippen LogP contribution < -0.4 is 10.8 Å². The summed E-state index contributed by atoms with van der Waals surface area (Å²) >= 11 is 0. The van der Waals surface area contributed by atoms with Gasteiger partial charge in [-0.3, -0.25) is 4.84 Å². The van der Waals surface area contributed by atoms with Gasteiger partial charge in [-0.25, -0.2) is 15.1 Å². The van der Waals surface area contributed by atoms with Crippen LogP contribution in [-0.2, 0) is 14.4 Å². The normalized spacial score (nSPS) is 16.8. The molecule has 1 fully saturated rings. The van der Waals surface area contributed by atoms with Gasteiger partial charge in [-0.15, -0.1) is 0 Å². The molecular formula is C9H16N2O5. The van der Waals surface area contributed by atoms with Crippen molar-refractivity contribution in [3.63, 3.8) is 0 Å². The maximum Gasteiger partial charge on any atom is 0.338 e. The number of carboxylic acid groups (broad SMARTS) is 1. The van der Waals surface area contributed by atoms with Crippen molar-refractivity contribution in [3.05, 3.63) is 0 Å². The number of urea groups is 1. The maximum absolute atomic E-state index is 11.1. The number of ether oxygens (including phenoxy) is 1. The number of hydroxylamine groups is 1. The first-order valence-corrected chi connectivity index (χ1v) is 5.13. The predicted octanol–water partition coefficient (Wildman–Crippen LogP) is -0.272. The summed E-state index contributed by atoms with van der Waals surface area (Å²) in [5.41, 5.74) is 1.99. The molecule has 16 heavy (non-hydrogen) atoms. The van der Waals surface area contributed by atoms with E-state index in [1.165, 1.54) is 0 Å². The average molecular weight is 232 g/mol. The van der Waals surface area contributed by atoms with Crippen LogP contribution in [0.25, 0.3) is 0 Å². The zero-order valence-corrected chi connectivity index (χ0v) is 8.90. The lowest BCUT2D eigenvalue weighted by molar-refractivity contribution is -0.144. The molecule has 92 valence electrons. The van der Waals surface area contributed by atoms with Crippen molar-refractivity contribution in [1.82, 2.24) is 10.8 Å². The Morgan fingerprint density at radius 1 is 1.38 bits per heavy atom. The summed E-state index contributed by atoms with van der Waals surface area (Å²) in [6, 6.07) is -0.521. The molecule has 1 aliphatic heterocycles. The molecule has 3 N–H and O–H groups in total. The minimum Gasteiger partial charge on any atom is -0.479 e. The van der Waals surface area contributed by atoms with Gasteiger partial charge in [0.15, 0.2) is 6.61 Å². The van der Waals surface area contributed by atoms with Gasteiger partial charge in [-0.05, 0) is 18.8 Å². The molecule has 0 spiro atoms. The number of aliphatic carboxylic acids is 1. The largest absolute Gasteiger partial charge is 0.479 e. The molecule has 0 unspecified atom stereocenters. The molecule has 7 nitrogen and oxygen atoms in total. The molecular weight excluding hydrogens is 216 g/mol. The van der Waals surface area contributed by atoms with Gasteiger partial charge in [-0.2, -0.15) is 0 Å². The lowest BCUT2D eigenvalue weighted by Crippen LogP contribution is -2.40. The van der Waals surface area contributed by atoms with Crippen molar-refractivity contribution in [2.75, 3.05) is 26.4 Å². The summed E-state index contributed by atoms with van der Waals surface area (Å²) in [7, 11) is 0. The van der Waals surface area contributed by atoms with Crippen molar-refractivity contribution < 1.29 is 24.3 Å². The van der Waals surface area contributed by atoms with E-state index < -0.39 is 18.6 Å². The van der Waals surface area contributed by atoms with E-state index in [0.29, 0.717) is 12.5 Å². The summed E-state index contributed by atoms with van der Waals surface area (Å²) in [6.45, 7) is 1.45. The van der Waals surface area contributed by atoms with Crippen molar-refractivity contribution in [2.24, 2.45) is 5.92 Å². The number of nitrogens with one attached hydrogen (secondary N) is 2. The lowest BCUT2D eigenvalue weighted by atomic mass is 10.0. The summed E-state index contributed by atoms with van der Waals surface area (Å²) in [6.07, 6.45) is 1.85. The van der Waals surface area contributed by atoms with E-state index in [4.69, 9.17) is 9.84 Å². The second kappa shape index (κ2) is 7.02. The fraction of sp³-hybridized carbons (Fsp3) is 0.778. The molecule has 0 aromatic heterocycles. The number of hydrogen-bond donors (Lipinski definition) is 3. The number of carbonyl (C=O) groups excluding carboxylic acids is 1. The second-order valence-electron chi connectivity index (χ2n) is 3.55. The van der Waals surface area contributed by atoms with Gasteiger partial charge < -0.3 is 15.2 Å². The minimum atomic E-state index is -1.13. The van der Waals surface area contributed by atoms with Gasteiger partial charge >= 0.3 is 12.0 Å². The van der Waals surface area contributed by atoms with Crippen LogP contribution in [0.1, 0.15) is 12.8 Å². The standard InChI is InChI=1S/C9H16N2O5/c12-8(13)6-16-11-9(14)10-5-7-1-3-15-4-2-7/h7H,1-6H2,(H,12,13)(H2,10,11,14). The summed E-state index contributed by atoms with van der Waals surface area (Å²) in [4.78, 5) is 25.6. The van der Waals surface area contributed by atoms with Crippen LogP contribution >= 0.6 is 0 Å². The molecule has 0 bridgehead atoms. The van der Waals surface area contributed by atoms with Gasteiger partial charge in [0.25, 0.3) is 0 Å². The van der Waals surface area contributed by atoms with E-state index in [9.17, 15) is 9.59 Å². The Labute approximate surface area is 93.1 Å². The monoisotopic (exact) mass is 232 g/mol. The van der Waals surface area contributed by atoms with E-state index >= 15 is 0 Å². The van der Waals surface area contributed by atoms with Crippen molar-refractivity contribution in [1.29, 1.82) is 0 Å². The third-order valence-corrected chi connectivity index (χ3v) is 2.25. The van der Waals surface area contributed by atoms with Crippen LogP contribution in [0, 0.1) is 5.92 Å². The van der Waals surface area contributed by atoms with Crippen LogP contribution in [-0.4, -0.2) is 43.5 Å². The third-order valence-electron chi connectivity index (χ3n) is 2.25. The van der Waals surface area contributed by atoms with Gasteiger partial charge in [0.2, 0.25) is 0 Å². The van der Waals surface area contributed by atoms with Gasteiger partial charge in [0.05, 0.1) is 0 Å². The number of hydrogen-bond acceptors (Lipinski definition) is 4. The summed E-state index contributed by atoms with van der Waals surface area (Å²) in [5, 5.41) is 10.9. The van der Waals surface area contributed by atoms with E-state index in [2.05, 4.69) is 10.2 Å². The minimum absolute atomic E-state index is 0.416. The van der Waals surface area contributed by atoms with Crippen molar-refractivity contribution >= 4 is 12.0 Å². The number of amides is 2. The Balaban J connectivity index is 2.02. The number of rotatable bonds is 5. The predicted molar refractivity (Wildman–Crippen MR) is 53.7 cm³/mol. The quantitative estimate of drug-likeness (QED) is 0.567. The maximum atomic E-state index is 11.1. The molecule has 0 aliphatic carbocycles. The van der Waals surface area contributed by atoms with E-state index in [0.717, 1.165) is 26.1 Å². The molecule has 0 aromatic rings. The molecule has 1 rings (SSSR count). The fourth-order valence-corrected chi connectivity index (χ4v) is 1.39. The van der Waals surface area contributed by atoms with Gasteiger partial charge in [-0.1, -0.05) is 0 Å². The van der Waals surface area contributed by atoms with Crippen molar-refractivity contribution in [2.45, 2.75) is 12.8 Å². The van der Waals surface area contributed by atoms with Crippen molar-refractivity contribution in [3.8, 4) is 0 Å². The van der Waals surface area contributed by atoms with E-state index in [-0.39, 0.29) is 0 Å². The molecule has 0 saturated carbocycles. The zero-order chi connectivity index (χ0) is 11.8. The molecule has 1 heterocycles. The Hall–Kier alpha value is -1.34. The summed E-state index contributed by atoms with van der Waals surface area (Å²) in [5.74, 6) is -0.719. The third kappa shape index (κ3) is 5.52. The van der Waals surface area contributed by atoms with Crippen LogP contribution in [0.5, 0.6) is 0 Å². The highest BCUT2D eigenvalue weighted by atomic mass is 16.7. The van der Waals surface area contributed by atoms with E-state index in [1.807, 2.05) is 5.48 Å². The summed E-state index contributed by atoms with van der Waals surface area (Å²) < 4.78 is 5.18. The zero-order valence-electron chi connectivity index (χ0n) is 8.90. The topological polar surface area (TPSA) is 96.9 Å². The highest BCUT2D eigenvalue weighted by Gasteiger charge is 2.14. The van der Waals surface area contributed by atoms with Gasteiger partial charge in [0, 0.05) is 19.8 Å². The number of carbonyl (C=O) groups is 2. The molecule has 0 aromatic carbocycles. The smallest absolute Gasteiger partial charge is 0.338 e. The Bertz CT molecular complexity index is 240. The molecule has 2 amide bonds. The highest BCUT2D eigenvalue weighted by Crippen LogP contribution is 2.12.